The Morgan fingerprint density at radius 1 is 0.333 bits per heavy atom. The highest BCUT2D eigenvalue weighted by Crippen LogP contribution is 2.43. The Hall–Kier alpha value is -7.76. The standard InChI is InChI=1S/C52H33N5/c1-3-13-36(14-4-1)52-51-40(26-28-49-50(51)41-17-7-8-20-48(41)57(49)39-15-5-2-6-16-39)42-31-37(25-27-43(42)56-52)34-21-23-35(24-22-34)38-32-46(44-18-9-11-29-53-44)55-47(33-38)45-19-10-12-30-54-45/h1-33H. The predicted octanol–water partition coefficient (Wildman–Crippen LogP) is 13.0. The number of hydrogen-bond acceptors (Lipinski definition) is 4. The maximum Gasteiger partial charge on any atom is 0.0900 e. The summed E-state index contributed by atoms with van der Waals surface area (Å²) in [5, 5.41) is 5.89. The Bertz CT molecular complexity index is 3190. The van der Waals surface area contributed by atoms with E-state index in [-0.39, 0.29) is 0 Å². The molecule has 11 rings (SSSR count). The number of pyridine rings is 4. The average Bonchev–Trinajstić information content (AvgIpc) is 3.64. The quantitative estimate of drug-likeness (QED) is 0.160. The van der Waals surface area contributed by atoms with Crippen molar-refractivity contribution in [1.29, 1.82) is 0 Å². The molecule has 0 saturated heterocycles. The van der Waals surface area contributed by atoms with Gasteiger partial charge in [-0.25, -0.2) is 9.97 Å². The monoisotopic (exact) mass is 727 g/mol. The third-order valence-corrected chi connectivity index (χ3v) is 10.9. The van der Waals surface area contributed by atoms with E-state index in [1.54, 1.807) is 12.4 Å². The van der Waals surface area contributed by atoms with E-state index in [0.29, 0.717) is 0 Å². The van der Waals surface area contributed by atoms with Crippen LogP contribution < -0.4 is 0 Å². The molecule has 57 heavy (non-hydrogen) atoms. The Labute approximate surface area is 329 Å². The van der Waals surface area contributed by atoms with Crippen molar-refractivity contribution in [3.63, 3.8) is 0 Å². The molecular weight excluding hydrogens is 695 g/mol. The first-order valence-corrected chi connectivity index (χ1v) is 19.1. The molecule has 5 heterocycles. The first-order chi connectivity index (χ1) is 28.3. The number of rotatable bonds is 6. The molecule has 0 N–H and O–H groups in total. The Morgan fingerprint density at radius 2 is 0.947 bits per heavy atom. The van der Waals surface area contributed by atoms with Crippen LogP contribution in [0.2, 0.25) is 0 Å². The second kappa shape index (κ2) is 13.5. The number of para-hydroxylation sites is 2. The first kappa shape index (κ1) is 32.7. The van der Waals surface area contributed by atoms with Gasteiger partial charge in [-0.2, -0.15) is 0 Å². The van der Waals surface area contributed by atoms with Gasteiger partial charge in [0.1, 0.15) is 0 Å². The molecular formula is C52H33N5. The van der Waals surface area contributed by atoms with Crippen LogP contribution in [-0.4, -0.2) is 24.5 Å². The zero-order valence-corrected chi connectivity index (χ0v) is 30.8. The summed E-state index contributed by atoms with van der Waals surface area (Å²) in [6, 6.07) is 66.0. The Kier molecular flexibility index (Phi) is 7.74. The summed E-state index contributed by atoms with van der Waals surface area (Å²) < 4.78 is 2.38. The van der Waals surface area contributed by atoms with E-state index in [0.717, 1.165) is 83.8 Å². The molecule has 0 aliphatic carbocycles. The molecule has 266 valence electrons. The number of hydrogen-bond donors (Lipinski definition) is 0. The van der Waals surface area contributed by atoms with Crippen LogP contribution in [0.15, 0.2) is 200 Å². The van der Waals surface area contributed by atoms with Crippen LogP contribution in [0.4, 0.5) is 0 Å². The zero-order chi connectivity index (χ0) is 37.7. The highest BCUT2D eigenvalue weighted by atomic mass is 15.0. The fourth-order valence-electron chi connectivity index (χ4n) is 8.24. The third kappa shape index (κ3) is 5.64. The van der Waals surface area contributed by atoms with Crippen molar-refractivity contribution in [2.75, 3.05) is 0 Å². The van der Waals surface area contributed by atoms with Crippen LogP contribution in [0, 0.1) is 0 Å². The van der Waals surface area contributed by atoms with Crippen LogP contribution in [0.5, 0.6) is 0 Å². The van der Waals surface area contributed by atoms with Gasteiger partial charge in [0.05, 0.1) is 45.0 Å². The molecule has 11 aromatic rings. The molecule has 0 spiro atoms. The van der Waals surface area contributed by atoms with Crippen molar-refractivity contribution in [2.45, 2.75) is 0 Å². The van der Waals surface area contributed by atoms with Crippen molar-refractivity contribution in [3.05, 3.63) is 200 Å². The SMILES string of the molecule is c1ccc(-c2nc3ccc(-c4ccc(-c5cc(-c6ccccn6)nc(-c6ccccn6)c5)cc4)cc3c3ccc4c(c5ccccc5n4-c4ccccc4)c23)cc1. The molecule has 0 fully saturated rings. The molecule has 0 amide bonds. The molecule has 6 aromatic carbocycles. The Balaban J connectivity index is 1.08. The molecule has 0 bridgehead atoms. The van der Waals surface area contributed by atoms with Crippen LogP contribution >= 0.6 is 0 Å². The summed E-state index contributed by atoms with van der Waals surface area (Å²) in [5.74, 6) is 0. The molecule has 5 nitrogen and oxygen atoms in total. The summed E-state index contributed by atoms with van der Waals surface area (Å²) in [4.78, 5) is 19.6. The van der Waals surface area contributed by atoms with Gasteiger partial charge < -0.3 is 4.57 Å². The lowest BCUT2D eigenvalue weighted by molar-refractivity contribution is 1.18. The van der Waals surface area contributed by atoms with Gasteiger partial charge in [-0.05, 0) is 100 Å². The van der Waals surface area contributed by atoms with Crippen LogP contribution in [0.3, 0.4) is 0 Å². The number of nitrogens with zero attached hydrogens (tertiary/aromatic N) is 5. The van der Waals surface area contributed by atoms with Gasteiger partial charge in [0.2, 0.25) is 0 Å². The van der Waals surface area contributed by atoms with Crippen molar-refractivity contribution in [1.82, 2.24) is 24.5 Å². The molecule has 0 aliphatic heterocycles. The first-order valence-electron chi connectivity index (χ1n) is 19.1. The maximum absolute atomic E-state index is 5.44. The smallest absolute Gasteiger partial charge is 0.0900 e. The van der Waals surface area contributed by atoms with Crippen LogP contribution in [-0.2, 0) is 0 Å². The minimum absolute atomic E-state index is 0.808. The minimum atomic E-state index is 0.808. The highest BCUT2D eigenvalue weighted by Gasteiger charge is 2.20. The molecule has 0 aliphatic rings. The van der Waals surface area contributed by atoms with Gasteiger partial charge in [0.15, 0.2) is 0 Å². The van der Waals surface area contributed by atoms with Gasteiger partial charge in [0.25, 0.3) is 0 Å². The van der Waals surface area contributed by atoms with Crippen molar-refractivity contribution in [3.8, 4) is 62.0 Å². The van der Waals surface area contributed by atoms with E-state index in [1.807, 2.05) is 36.4 Å². The van der Waals surface area contributed by atoms with E-state index in [2.05, 4.69) is 166 Å². The minimum Gasteiger partial charge on any atom is -0.309 e. The van der Waals surface area contributed by atoms with E-state index >= 15 is 0 Å². The Morgan fingerprint density at radius 3 is 1.63 bits per heavy atom. The van der Waals surface area contributed by atoms with Gasteiger partial charge in [-0.15, -0.1) is 0 Å². The number of aromatic nitrogens is 5. The second-order valence-electron chi connectivity index (χ2n) is 14.3. The lowest BCUT2D eigenvalue weighted by Gasteiger charge is -2.14. The number of benzene rings is 6. The molecule has 5 aromatic heterocycles. The van der Waals surface area contributed by atoms with Gasteiger partial charge in [0, 0.05) is 45.2 Å². The van der Waals surface area contributed by atoms with Crippen molar-refractivity contribution >= 4 is 43.5 Å². The van der Waals surface area contributed by atoms with Crippen LogP contribution in [0.1, 0.15) is 0 Å². The second-order valence-corrected chi connectivity index (χ2v) is 14.3. The van der Waals surface area contributed by atoms with E-state index in [9.17, 15) is 0 Å². The van der Waals surface area contributed by atoms with Gasteiger partial charge in [-0.1, -0.05) is 115 Å². The summed E-state index contributed by atoms with van der Waals surface area (Å²) in [5.41, 5.74) is 14.2. The van der Waals surface area contributed by atoms with Crippen molar-refractivity contribution < 1.29 is 0 Å². The van der Waals surface area contributed by atoms with Crippen molar-refractivity contribution in [2.24, 2.45) is 0 Å². The van der Waals surface area contributed by atoms with Gasteiger partial charge >= 0.3 is 0 Å². The van der Waals surface area contributed by atoms with E-state index in [1.165, 1.54) is 21.7 Å². The number of fused-ring (bicyclic) bond motifs is 7. The zero-order valence-electron chi connectivity index (χ0n) is 30.8. The summed E-state index contributed by atoms with van der Waals surface area (Å²) in [6.45, 7) is 0. The fourth-order valence-corrected chi connectivity index (χ4v) is 8.24. The average molecular weight is 728 g/mol. The predicted molar refractivity (Wildman–Crippen MR) is 234 cm³/mol. The normalized spacial score (nSPS) is 11.5. The molecule has 0 unspecified atom stereocenters. The molecule has 5 heteroatoms. The van der Waals surface area contributed by atoms with Gasteiger partial charge in [-0.3, -0.25) is 9.97 Å². The molecule has 0 atom stereocenters. The lowest BCUT2D eigenvalue weighted by Crippen LogP contribution is -1.94. The summed E-state index contributed by atoms with van der Waals surface area (Å²) in [7, 11) is 0. The molecule has 0 radical (unpaired) electrons. The van der Waals surface area contributed by atoms with Crippen LogP contribution in [0.25, 0.3) is 105 Å². The summed E-state index contributed by atoms with van der Waals surface area (Å²) in [6.07, 6.45) is 3.60. The van der Waals surface area contributed by atoms with E-state index in [4.69, 9.17) is 9.97 Å². The maximum atomic E-state index is 5.44. The lowest BCUT2D eigenvalue weighted by atomic mass is 9.94. The summed E-state index contributed by atoms with van der Waals surface area (Å²) >= 11 is 0. The van der Waals surface area contributed by atoms with E-state index < -0.39 is 0 Å². The largest absolute Gasteiger partial charge is 0.309 e. The topological polar surface area (TPSA) is 56.5 Å². The third-order valence-electron chi connectivity index (χ3n) is 10.9. The molecule has 0 saturated carbocycles. The highest BCUT2D eigenvalue weighted by molar-refractivity contribution is 6.28. The fraction of sp³-hybridized carbons (Fsp3) is 0.